The lowest BCUT2D eigenvalue weighted by Crippen LogP contribution is -2.41. The van der Waals surface area contributed by atoms with Gasteiger partial charge in [-0.1, -0.05) is 6.92 Å². The Hall–Kier alpha value is -2.41. The number of pyridine rings is 1. The first-order valence-corrected chi connectivity index (χ1v) is 9.16. The van der Waals surface area contributed by atoms with Crippen LogP contribution in [0.1, 0.15) is 36.7 Å². The molecule has 1 saturated carbocycles. The van der Waals surface area contributed by atoms with Crippen molar-refractivity contribution in [2.45, 2.75) is 38.3 Å². The van der Waals surface area contributed by atoms with Gasteiger partial charge in [0.15, 0.2) is 5.69 Å². The lowest BCUT2D eigenvalue weighted by atomic mass is 10.2. The minimum atomic E-state index is -0.153. The van der Waals surface area contributed by atoms with Crippen molar-refractivity contribution >= 4 is 22.7 Å². The summed E-state index contributed by atoms with van der Waals surface area (Å²) in [4.78, 5) is 31.0. The zero-order chi connectivity index (χ0) is 18.7. The second-order valence-electron chi connectivity index (χ2n) is 7.10. The summed E-state index contributed by atoms with van der Waals surface area (Å²) in [5, 5.41) is 7.16. The molecule has 3 rings (SSSR count). The van der Waals surface area contributed by atoms with E-state index in [4.69, 9.17) is 0 Å². The molecule has 2 aromatic rings. The second kappa shape index (κ2) is 7.86. The molecule has 2 N–H and O–H groups in total. The Morgan fingerprint density at radius 2 is 2.00 bits per heavy atom. The van der Waals surface area contributed by atoms with Gasteiger partial charge in [0.2, 0.25) is 5.91 Å². The lowest BCUT2D eigenvalue weighted by molar-refractivity contribution is -0.122. The monoisotopic (exact) mass is 357 g/mol. The molecule has 2 heterocycles. The standard InChI is InChI=1S/C19H27N5O2/c1-4-23(2)12-16(25)21-14-5-6-15(11-14)22-19(26)17-18-13(7-9-20-17)8-10-24(18)3/h7-10,14-15H,4-6,11-12H2,1-3H3,(H,21,25)(H,22,26)/t14-,15+/m1/s1. The van der Waals surface area contributed by atoms with Gasteiger partial charge in [-0.2, -0.15) is 0 Å². The molecule has 0 bridgehead atoms. The number of hydrogen-bond donors (Lipinski definition) is 2. The number of nitrogens with zero attached hydrogens (tertiary/aromatic N) is 3. The fourth-order valence-electron chi connectivity index (χ4n) is 3.53. The maximum Gasteiger partial charge on any atom is 0.272 e. The smallest absolute Gasteiger partial charge is 0.272 e. The minimum Gasteiger partial charge on any atom is -0.352 e. The molecule has 0 radical (unpaired) electrons. The summed E-state index contributed by atoms with van der Waals surface area (Å²) < 4.78 is 1.92. The van der Waals surface area contributed by atoms with Crippen LogP contribution in [0, 0.1) is 0 Å². The summed E-state index contributed by atoms with van der Waals surface area (Å²) in [6.45, 7) is 3.27. The number of carbonyl (C=O) groups is 2. The van der Waals surface area contributed by atoms with Crippen molar-refractivity contribution < 1.29 is 9.59 Å². The molecule has 2 aromatic heterocycles. The van der Waals surface area contributed by atoms with Crippen molar-refractivity contribution in [3.63, 3.8) is 0 Å². The third-order valence-electron chi connectivity index (χ3n) is 5.09. The Morgan fingerprint density at radius 3 is 2.73 bits per heavy atom. The predicted molar refractivity (Wildman–Crippen MR) is 101 cm³/mol. The van der Waals surface area contributed by atoms with Gasteiger partial charge in [-0.3, -0.25) is 14.5 Å². The van der Waals surface area contributed by atoms with Crippen molar-refractivity contribution in [3.8, 4) is 0 Å². The van der Waals surface area contributed by atoms with E-state index >= 15 is 0 Å². The number of aryl methyl sites for hydroxylation is 1. The van der Waals surface area contributed by atoms with E-state index in [-0.39, 0.29) is 23.9 Å². The van der Waals surface area contributed by atoms with Gasteiger partial charge < -0.3 is 15.2 Å². The normalized spacial score (nSPS) is 19.8. The maximum absolute atomic E-state index is 12.7. The van der Waals surface area contributed by atoms with Gasteiger partial charge in [0, 0.05) is 36.9 Å². The van der Waals surface area contributed by atoms with E-state index in [1.807, 2.05) is 48.8 Å². The first kappa shape index (κ1) is 18.4. The molecule has 1 fully saturated rings. The minimum absolute atomic E-state index is 0.0431. The van der Waals surface area contributed by atoms with Gasteiger partial charge in [-0.05, 0) is 45.0 Å². The number of aromatic nitrogens is 2. The largest absolute Gasteiger partial charge is 0.352 e. The highest BCUT2D eigenvalue weighted by Crippen LogP contribution is 2.21. The van der Waals surface area contributed by atoms with Crippen molar-refractivity contribution in [1.29, 1.82) is 0 Å². The van der Waals surface area contributed by atoms with Crippen molar-refractivity contribution in [1.82, 2.24) is 25.1 Å². The molecular weight excluding hydrogens is 330 g/mol. The van der Waals surface area contributed by atoms with Crippen LogP contribution in [0.2, 0.25) is 0 Å². The van der Waals surface area contributed by atoms with Crippen LogP contribution in [-0.2, 0) is 11.8 Å². The molecule has 1 aliphatic rings. The summed E-state index contributed by atoms with van der Waals surface area (Å²) >= 11 is 0. The van der Waals surface area contributed by atoms with E-state index in [0.717, 1.165) is 36.7 Å². The highest BCUT2D eigenvalue weighted by atomic mass is 16.2. The number of likely N-dealkylation sites (N-methyl/N-ethyl adjacent to an activating group) is 1. The van der Waals surface area contributed by atoms with Crippen LogP contribution in [0.4, 0.5) is 0 Å². The maximum atomic E-state index is 12.7. The summed E-state index contributed by atoms with van der Waals surface area (Å²) in [6.07, 6.45) is 6.10. The summed E-state index contributed by atoms with van der Waals surface area (Å²) in [5.41, 5.74) is 1.29. The third-order valence-corrected chi connectivity index (χ3v) is 5.09. The van der Waals surface area contributed by atoms with E-state index in [1.165, 1.54) is 0 Å². The van der Waals surface area contributed by atoms with Crippen LogP contribution in [0.3, 0.4) is 0 Å². The highest BCUT2D eigenvalue weighted by Gasteiger charge is 2.28. The number of fused-ring (bicyclic) bond motifs is 1. The molecule has 0 saturated heterocycles. The van der Waals surface area contributed by atoms with E-state index in [0.29, 0.717) is 12.2 Å². The van der Waals surface area contributed by atoms with E-state index in [2.05, 4.69) is 15.6 Å². The molecule has 0 spiro atoms. The average Bonchev–Trinajstić information content (AvgIpc) is 3.21. The molecule has 7 heteroatoms. The molecular formula is C19H27N5O2. The predicted octanol–water partition coefficient (Wildman–Crippen LogP) is 1.29. The Labute approximate surface area is 153 Å². The van der Waals surface area contributed by atoms with Crippen LogP contribution in [0.5, 0.6) is 0 Å². The Kier molecular flexibility index (Phi) is 5.56. The molecule has 2 amide bonds. The molecule has 1 aliphatic carbocycles. The average molecular weight is 357 g/mol. The fourth-order valence-corrected chi connectivity index (χ4v) is 3.53. The first-order chi connectivity index (χ1) is 12.5. The fraction of sp³-hybridized carbons (Fsp3) is 0.526. The van der Waals surface area contributed by atoms with Crippen LogP contribution >= 0.6 is 0 Å². The zero-order valence-electron chi connectivity index (χ0n) is 15.7. The molecule has 0 aromatic carbocycles. The molecule has 0 unspecified atom stereocenters. The van der Waals surface area contributed by atoms with Crippen LogP contribution in [0.15, 0.2) is 24.5 Å². The molecule has 2 atom stereocenters. The number of carbonyl (C=O) groups excluding carboxylic acids is 2. The SMILES string of the molecule is CCN(C)CC(=O)N[C@@H]1CC[C@H](NC(=O)c2nccc3ccn(C)c23)C1. The van der Waals surface area contributed by atoms with Gasteiger partial charge >= 0.3 is 0 Å². The Balaban J connectivity index is 1.57. The van der Waals surface area contributed by atoms with E-state index in [9.17, 15) is 9.59 Å². The zero-order valence-corrected chi connectivity index (χ0v) is 15.7. The van der Waals surface area contributed by atoms with Crippen molar-refractivity contribution in [3.05, 3.63) is 30.2 Å². The number of nitrogens with one attached hydrogen (secondary N) is 2. The molecule has 140 valence electrons. The van der Waals surface area contributed by atoms with Gasteiger partial charge in [-0.25, -0.2) is 4.98 Å². The number of hydrogen-bond acceptors (Lipinski definition) is 4. The van der Waals surface area contributed by atoms with Gasteiger partial charge in [0.05, 0.1) is 12.1 Å². The van der Waals surface area contributed by atoms with E-state index < -0.39 is 0 Å². The van der Waals surface area contributed by atoms with Crippen LogP contribution < -0.4 is 10.6 Å². The topological polar surface area (TPSA) is 79.3 Å². The van der Waals surface area contributed by atoms with Crippen molar-refractivity contribution in [2.75, 3.05) is 20.1 Å². The Morgan fingerprint density at radius 1 is 1.27 bits per heavy atom. The summed E-state index contributed by atoms with van der Waals surface area (Å²) in [7, 11) is 3.84. The number of rotatable bonds is 6. The first-order valence-electron chi connectivity index (χ1n) is 9.16. The van der Waals surface area contributed by atoms with Gasteiger partial charge in [0.25, 0.3) is 5.91 Å². The third kappa shape index (κ3) is 4.04. The summed E-state index contributed by atoms with van der Waals surface area (Å²) in [6, 6.07) is 4.06. The van der Waals surface area contributed by atoms with E-state index in [1.54, 1.807) is 6.20 Å². The van der Waals surface area contributed by atoms with Crippen molar-refractivity contribution in [2.24, 2.45) is 7.05 Å². The van der Waals surface area contributed by atoms with Gasteiger partial charge in [-0.15, -0.1) is 0 Å². The Bertz CT molecular complexity index is 800. The highest BCUT2D eigenvalue weighted by molar-refractivity contribution is 6.04. The summed E-state index contributed by atoms with van der Waals surface area (Å²) in [5.74, 6) is -0.110. The quantitative estimate of drug-likeness (QED) is 0.817. The molecule has 26 heavy (non-hydrogen) atoms. The number of amides is 2. The second-order valence-corrected chi connectivity index (χ2v) is 7.10. The molecule has 0 aliphatic heterocycles. The van der Waals surface area contributed by atoms with Gasteiger partial charge in [0.1, 0.15) is 0 Å². The van der Waals surface area contributed by atoms with Crippen LogP contribution in [0.25, 0.3) is 10.9 Å². The molecule has 7 nitrogen and oxygen atoms in total. The van der Waals surface area contributed by atoms with Crippen LogP contribution in [-0.4, -0.2) is 58.5 Å². The lowest BCUT2D eigenvalue weighted by Gasteiger charge is -2.17.